The van der Waals surface area contributed by atoms with Crippen LogP contribution in [0.15, 0.2) is 30.3 Å². The van der Waals surface area contributed by atoms with Gasteiger partial charge in [0.05, 0.1) is 6.10 Å². The van der Waals surface area contributed by atoms with Crippen molar-refractivity contribution in [1.82, 2.24) is 0 Å². The van der Waals surface area contributed by atoms with Crippen molar-refractivity contribution in [2.75, 3.05) is 0 Å². The summed E-state index contributed by atoms with van der Waals surface area (Å²) in [5.74, 6) is -4.11. The quantitative estimate of drug-likeness (QED) is 0.237. The van der Waals surface area contributed by atoms with Crippen LogP contribution in [-0.2, 0) is 20.9 Å². The van der Waals surface area contributed by atoms with Crippen LogP contribution in [0.4, 0.5) is 8.78 Å². The zero-order valence-electron chi connectivity index (χ0n) is 20.3. The number of esters is 1. The molecular weight excluding hydrogens is 442 g/mol. The van der Waals surface area contributed by atoms with Gasteiger partial charge in [0.2, 0.25) is 0 Å². The number of carbonyl (C=O) groups is 2. The van der Waals surface area contributed by atoms with Crippen LogP contribution in [0.25, 0.3) is 0 Å². The minimum atomic E-state index is -3.14. The van der Waals surface area contributed by atoms with E-state index in [9.17, 15) is 28.6 Å². The van der Waals surface area contributed by atoms with Gasteiger partial charge in [-0.3, -0.25) is 9.59 Å². The molecule has 0 aliphatic heterocycles. The SMILES string of the molecule is CCCCC(F)(F)[C@@H](O)CC[C@H]1[C@H](O)CC(=O)[C@@H]1CCCCCCC(=O)OCc1ccccc1. The van der Waals surface area contributed by atoms with E-state index < -0.39 is 18.1 Å². The first-order valence-corrected chi connectivity index (χ1v) is 12.7. The lowest BCUT2D eigenvalue weighted by Gasteiger charge is -2.26. The summed E-state index contributed by atoms with van der Waals surface area (Å²) >= 11 is 0. The lowest BCUT2D eigenvalue weighted by molar-refractivity contribution is -0.145. The van der Waals surface area contributed by atoms with Crippen molar-refractivity contribution in [3.63, 3.8) is 0 Å². The van der Waals surface area contributed by atoms with Crippen molar-refractivity contribution in [3.8, 4) is 0 Å². The Balaban J connectivity index is 1.65. The molecule has 5 nitrogen and oxygen atoms in total. The van der Waals surface area contributed by atoms with Crippen LogP contribution in [0.2, 0.25) is 0 Å². The van der Waals surface area contributed by atoms with Crippen molar-refractivity contribution in [2.24, 2.45) is 11.8 Å². The number of aliphatic hydroxyl groups excluding tert-OH is 2. The molecule has 34 heavy (non-hydrogen) atoms. The fourth-order valence-electron chi connectivity index (χ4n) is 4.72. The predicted octanol–water partition coefficient (Wildman–Crippen LogP) is 5.60. The summed E-state index contributed by atoms with van der Waals surface area (Å²) in [6.07, 6.45) is 2.32. The van der Waals surface area contributed by atoms with Gasteiger partial charge >= 0.3 is 5.97 Å². The smallest absolute Gasteiger partial charge is 0.306 e. The number of hydrogen-bond acceptors (Lipinski definition) is 5. The van der Waals surface area contributed by atoms with Gasteiger partial charge in [0.25, 0.3) is 5.92 Å². The van der Waals surface area contributed by atoms with Crippen molar-refractivity contribution in [3.05, 3.63) is 35.9 Å². The van der Waals surface area contributed by atoms with Gasteiger partial charge < -0.3 is 14.9 Å². The highest BCUT2D eigenvalue weighted by atomic mass is 19.3. The number of halogens is 2. The molecule has 0 heterocycles. The maximum atomic E-state index is 14.0. The normalized spacial score (nSPS) is 21.6. The predicted molar refractivity (Wildman–Crippen MR) is 126 cm³/mol. The monoisotopic (exact) mass is 482 g/mol. The van der Waals surface area contributed by atoms with Gasteiger partial charge in [-0.25, -0.2) is 8.78 Å². The highest BCUT2D eigenvalue weighted by Crippen LogP contribution is 2.38. The number of ketones is 1. The fourth-order valence-corrected chi connectivity index (χ4v) is 4.72. The molecular formula is C27H40F2O5. The molecule has 1 fully saturated rings. The molecule has 2 N–H and O–H groups in total. The largest absolute Gasteiger partial charge is 0.461 e. The Labute approximate surface area is 201 Å². The average Bonchev–Trinajstić information content (AvgIpc) is 3.09. The average molecular weight is 483 g/mol. The number of Topliss-reactive ketones (excluding diaryl/α,β-unsaturated/α-hetero) is 1. The number of unbranched alkanes of at least 4 members (excludes halogenated alkanes) is 4. The van der Waals surface area contributed by atoms with Gasteiger partial charge in [0, 0.05) is 25.2 Å². The number of carbonyl (C=O) groups excluding carboxylic acids is 2. The molecule has 7 heteroatoms. The van der Waals surface area contributed by atoms with Gasteiger partial charge in [0.1, 0.15) is 18.5 Å². The molecule has 0 bridgehead atoms. The lowest BCUT2D eigenvalue weighted by atomic mass is 9.84. The number of ether oxygens (including phenoxy) is 1. The van der Waals surface area contributed by atoms with Crippen LogP contribution in [-0.4, -0.2) is 40.1 Å². The fraction of sp³-hybridized carbons (Fsp3) is 0.704. The van der Waals surface area contributed by atoms with Gasteiger partial charge in [-0.1, -0.05) is 62.9 Å². The zero-order valence-corrected chi connectivity index (χ0v) is 20.3. The summed E-state index contributed by atoms with van der Waals surface area (Å²) in [4.78, 5) is 24.2. The summed E-state index contributed by atoms with van der Waals surface area (Å²) in [5, 5.41) is 20.2. The van der Waals surface area contributed by atoms with Crippen LogP contribution in [0.5, 0.6) is 0 Å². The van der Waals surface area contributed by atoms with Crippen LogP contribution < -0.4 is 0 Å². The molecule has 0 radical (unpaired) electrons. The number of hydrogen-bond donors (Lipinski definition) is 2. The Morgan fingerprint density at radius 2 is 1.82 bits per heavy atom. The van der Waals surface area contributed by atoms with Crippen molar-refractivity contribution in [1.29, 1.82) is 0 Å². The first-order chi connectivity index (χ1) is 16.2. The Morgan fingerprint density at radius 1 is 1.12 bits per heavy atom. The van der Waals surface area contributed by atoms with E-state index in [1.54, 1.807) is 0 Å². The molecule has 1 aromatic carbocycles. The van der Waals surface area contributed by atoms with Crippen LogP contribution >= 0.6 is 0 Å². The Hall–Kier alpha value is -1.86. The van der Waals surface area contributed by atoms with Gasteiger partial charge in [-0.15, -0.1) is 0 Å². The van der Waals surface area contributed by atoms with E-state index in [0.717, 1.165) is 24.8 Å². The van der Waals surface area contributed by atoms with Crippen LogP contribution in [0.1, 0.15) is 89.5 Å². The molecule has 1 aromatic rings. The Morgan fingerprint density at radius 3 is 2.53 bits per heavy atom. The Kier molecular flexibility index (Phi) is 12.1. The number of alkyl halides is 2. The molecule has 1 saturated carbocycles. The van der Waals surface area contributed by atoms with Gasteiger partial charge in [-0.2, -0.15) is 0 Å². The molecule has 4 atom stereocenters. The summed E-state index contributed by atoms with van der Waals surface area (Å²) in [5.41, 5.74) is 0.950. The van der Waals surface area contributed by atoms with E-state index in [4.69, 9.17) is 4.74 Å². The third-order valence-electron chi connectivity index (χ3n) is 6.85. The zero-order chi connectivity index (χ0) is 25.0. The first kappa shape index (κ1) is 28.4. The third-order valence-corrected chi connectivity index (χ3v) is 6.85. The van der Waals surface area contributed by atoms with E-state index in [0.29, 0.717) is 32.1 Å². The number of benzene rings is 1. The summed E-state index contributed by atoms with van der Waals surface area (Å²) in [7, 11) is 0. The second-order valence-corrected chi connectivity index (χ2v) is 9.57. The van der Waals surface area contributed by atoms with Gasteiger partial charge in [-0.05, 0) is 43.6 Å². The molecule has 0 spiro atoms. The summed E-state index contributed by atoms with van der Waals surface area (Å²) < 4.78 is 33.4. The van der Waals surface area contributed by atoms with E-state index in [-0.39, 0.29) is 55.9 Å². The van der Waals surface area contributed by atoms with Gasteiger partial charge in [0.15, 0.2) is 0 Å². The number of rotatable bonds is 16. The van der Waals surface area contributed by atoms with Crippen molar-refractivity contribution >= 4 is 11.8 Å². The van der Waals surface area contributed by atoms with Crippen LogP contribution in [0, 0.1) is 11.8 Å². The molecule has 1 aliphatic carbocycles. The maximum Gasteiger partial charge on any atom is 0.306 e. The second kappa shape index (κ2) is 14.5. The molecule has 0 aromatic heterocycles. The van der Waals surface area contributed by atoms with Crippen molar-refractivity contribution in [2.45, 2.75) is 109 Å². The first-order valence-electron chi connectivity index (χ1n) is 12.7. The highest BCUT2D eigenvalue weighted by molar-refractivity contribution is 5.84. The number of aliphatic hydroxyl groups is 2. The Bertz CT molecular complexity index is 740. The van der Waals surface area contributed by atoms with Crippen LogP contribution in [0.3, 0.4) is 0 Å². The molecule has 192 valence electrons. The van der Waals surface area contributed by atoms with E-state index in [2.05, 4.69) is 0 Å². The highest BCUT2D eigenvalue weighted by Gasteiger charge is 2.43. The third kappa shape index (κ3) is 9.41. The lowest BCUT2D eigenvalue weighted by Crippen LogP contribution is -2.34. The van der Waals surface area contributed by atoms with E-state index in [1.807, 2.05) is 37.3 Å². The minimum Gasteiger partial charge on any atom is -0.461 e. The molecule has 0 saturated heterocycles. The van der Waals surface area contributed by atoms with E-state index in [1.165, 1.54) is 0 Å². The van der Waals surface area contributed by atoms with Crippen molar-refractivity contribution < 1.29 is 33.3 Å². The standard InChI is InChI=1S/C27H40F2O5/c1-2-3-17-27(28,29)25(32)16-15-22-21(23(30)18-24(22)31)13-9-4-5-10-14-26(33)34-19-20-11-7-6-8-12-20/h6-8,11-12,21-22,24-25,31-32H,2-5,9-10,13-19H2,1H3/t21-,22-,24-,25+/m1/s1. The molecule has 1 aliphatic rings. The molecule has 0 amide bonds. The topological polar surface area (TPSA) is 83.8 Å². The summed E-state index contributed by atoms with van der Waals surface area (Å²) in [6, 6.07) is 9.50. The minimum absolute atomic E-state index is 0.0192. The van der Waals surface area contributed by atoms with E-state index >= 15 is 0 Å². The molecule has 2 rings (SSSR count). The molecule has 0 unspecified atom stereocenters. The second-order valence-electron chi connectivity index (χ2n) is 9.57. The summed E-state index contributed by atoms with van der Waals surface area (Å²) in [6.45, 7) is 2.09. The maximum absolute atomic E-state index is 14.0.